The number of nitrogens with one attached hydrogen (secondary N) is 2. The number of imidazole rings is 1. The Morgan fingerprint density at radius 3 is 2.37 bits per heavy atom. The smallest absolute Gasteiger partial charge is 0.386 e. The Labute approximate surface area is 309 Å². The molecule has 2 unspecified atom stereocenters. The number of fused-ring (bicyclic) bond motifs is 1. The number of thioether (sulfide) groups is 1. The number of primary amides is 1. The summed E-state index contributed by atoms with van der Waals surface area (Å²) >= 11 is 0.798. The van der Waals surface area contributed by atoms with Crippen LogP contribution >= 0.6 is 35.2 Å². The molecule has 304 valence electrons. The molecule has 1 saturated heterocycles. The van der Waals surface area contributed by atoms with Crippen molar-refractivity contribution in [2.45, 2.75) is 57.3 Å². The van der Waals surface area contributed by atoms with Crippen LogP contribution in [0.15, 0.2) is 12.7 Å². The monoisotopic (exact) mass is 852 g/mol. The number of nitrogens with two attached hydrogens (primary N) is 2. The zero-order chi connectivity index (χ0) is 40.6. The number of aromatic nitrogens is 4. The maximum Gasteiger partial charge on any atom is 0.481 e. The molecule has 0 spiro atoms. The second-order valence-corrected chi connectivity index (χ2v) is 17.3. The first-order valence-electron chi connectivity index (χ1n) is 15.2. The highest BCUT2D eigenvalue weighted by Crippen LogP contribution is 2.61. The van der Waals surface area contributed by atoms with Gasteiger partial charge in [-0.05, 0) is 0 Å². The second kappa shape index (κ2) is 18.8. The van der Waals surface area contributed by atoms with Crippen molar-refractivity contribution in [3.63, 3.8) is 0 Å². The van der Waals surface area contributed by atoms with Crippen molar-refractivity contribution < 1.29 is 85.3 Å². The molecule has 3 heterocycles. The van der Waals surface area contributed by atoms with Crippen LogP contribution in [-0.2, 0) is 55.5 Å². The van der Waals surface area contributed by atoms with E-state index in [0.717, 1.165) is 29.0 Å². The third kappa shape index (κ3) is 13.6. The fraction of sp³-hybridized carbons (Fsp3) is 0.625. The van der Waals surface area contributed by atoms with Gasteiger partial charge in [0.2, 0.25) is 17.7 Å². The Morgan fingerprint density at radius 2 is 1.72 bits per heavy atom. The van der Waals surface area contributed by atoms with Crippen LogP contribution in [0.25, 0.3) is 11.2 Å². The Bertz CT molecular complexity index is 1830. The normalized spacial score (nSPS) is 21.9. The molecule has 1 aliphatic rings. The molecule has 7 atom stereocenters. The van der Waals surface area contributed by atoms with Crippen LogP contribution in [0.3, 0.4) is 0 Å². The summed E-state index contributed by atoms with van der Waals surface area (Å²) in [5.74, 6) is -2.20. The van der Waals surface area contributed by atoms with Gasteiger partial charge in [-0.2, -0.15) is 4.31 Å². The number of phosphoric acid groups is 3. The van der Waals surface area contributed by atoms with Crippen LogP contribution in [0.1, 0.15) is 32.9 Å². The summed E-state index contributed by atoms with van der Waals surface area (Å²) in [6, 6.07) is 0. The van der Waals surface area contributed by atoms with Crippen molar-refractivity contribution in [2.75, 3.05) is 37.8 Å². The Morgan fingerprint density at radius 1 is 1.06 bits per heavy atom. The number of anilines is 1. The maximum absolute atomic E-state index is 12.6. The van der Waals surface area contributed by atoms with Crippen LogP contribution in [0.5, 0.6) is 0 Å². The number of ether oxygens (including phenoxy) is 1. The van der Waals surface area contributed by atoms with Crippen molar-refractivity contribution in [3.05, 3.63) is 12.7 Å². The van der Waals surface area contributed by atoms with Crippen molar-refractivity contribution in [1.29, 1.82) is 0 Å². The first kappa shape index (κ1) is 45.4. The molecule has 54 heavy (non-hydrogen) atoms. The van der Waals surface area contributed by atoms with Gasteiger partial charge in [-0.3, -0.25) is 37.3 Å². The van der Waals surface area contributed by atoms with Crippen LogP contribution in [0.4, 0.5) is 5.82 Å². The minimum Gasteiger partial charge on any atom is -0.386 e. The quantitative estimate of drug-likeness (QED) is 0.0354. The van der Waals surface area contributed by atoms with Crippen molar-refractivity contribution in [2.24, 2.45) is 11.1 Å². The molecule has 0 aliphatic carbocycles. The largest absolute Gasteiger partial charge is 0.481 e. The van der Waals surface area contributed by atoms with E-state index in [0.29, 0.717) is 0 Å². The Balaban J connectivity index is 1.51. The predicted octanol–water partition coefficient (Wildman–Crippen LogP) is -2.46. The molecule has 1 fully saturated rings. The predicted molar refractivity (Wildman–Crippen MR) is 181 cm³/mol. The van der Waals surface area contributed by atoms with Gasteiger partial charge in [-0.15, -0.1) is 0 Å². The molecule has 30 heteroatoms. The van der Waals surface area contributed by atoms with Gasteiger partial charge in [0.1, 0.15) is 36.3 Å². The van der Waals surface area contributed by atoms with Gasteiger partial charge in [0.15, 0.2) is 22.8 Å². The van der Waals surface area contributed by atoms with E-state index in [1.807, 2.05) is 0 Å². The third-order valence-electron chi connectivity index (χ3n) is 7.08. The number of carbonyl (C=O) groups excluding carboxylic acids is 4. The molecule has 2 aromatic heterocycles. The molecule has 1 aliphatic heterocycles. The van der Waals surface area contributed by atoms with Gasteiger partial charge in [-0.1, -0.05) is 25.6 Å². The fourth-order valence-electron chi connectivity index (χ4n) is 4.49. The summed E-state index contributed by atoms with van der Waals surface area (Å²) in [4.78, 5) is 97.3. The molecule has 2 aromatic rings. The number of aliphatic hydroxyl groups is 2. The highest BCUT2D eigenvalue weighted by Gasteiger charge is 2.50. The summed E-state index contributed by atoms with van der Waals surface area (Å²) in [7, 11) is -16.4. The molecule has 0 bridgehead atoms. The number of nitrogen functional groups attached to an aromatic ring is 1. The number of carbonyl (C=O) groups is 4. The Kier molecular flexibility index (Phi) is 15.8. The zero-order valence-corrected chi connectivity index (χ0v) is 31.8. The van der Waals surface area contributed by atoms with Crippen LogP contribution < -0.4 is 22.1 Å². The first-order valence-corrected chi connectivity index (χ1v) is 20.7. The summed E-state index contributed by atoms with van der Waals surface area (Å²) in [5.41, 5.74) is 9.12. The van der Waals surface area contributed by atoms with Crippen molar-refractivity contribution >= 4 is 75.0 Å². The third-order valence-corrected chi connectivity index (χ3v) is 11.1. The van der Waals surface area contributed by atoms with Gasteiger partial charge in [0, 0.05) is 30.7 Å². The zero-order valence-electron chi connectivity index (χ0n) is 28.3. The summed E-state index contributed by atoms with van der Waals surface area (Å²) < 4.78 is 61.9. The van der Waals surface area contributed by atoms with Gasteiger partial charge < -0.3 is 56.6 Å². The molecular weight excluding hydrogens is 813 g/mol. The van der Waals surface area contributed by atoms with Crippen molar-refractivity contribution in [1.82, 2.24) is 30.2 Å². The average molecular weight is 853 g/mol. The average Bonchev–Trinajstić information content (AvgIpc) is 3.60. The number of hydrogen-bond acceptors (Lipinski definition) is 19. The van der Waals surface area contributed by atoms with E-state index in [2.05, 4.69) is 34.4 Å². The second-order valence-electron chi connectivity index (χ2n) is 11.9. The summed E-state index contributed by atoms with van der Waals surface area (Å²) in [6.07, 6.45) is -7.51. The van der Waals surface area contributed by atoms with E-state index in [9.17, 15) is 62.7 Å². The number of aliphatic hydroxyl groups excluding tert-OH is 2. The van der Waals surface area contributed by atoms with Gasteiger partial charge in [0.25, 0.3) is 0 Å². The first-order chi connectivity index (χ1) is 24.9. The summed E-state index contributed by atoms with van der Waals surface area (Å²) in [5, 5.41) is 25.6. The highest BCUT2D eigenvalue weighted by molar-refractivity contribution is 8.13. The highest BCUT2D eigenvalue weighted by atomic mass is 32.2. The van der Waals surface area contributed by atoms with E-state index in [-0.39, 0.29) is 42.2 Å². The topological polar surface area (TPSA) is 407 Å². The van der Waals surface area contributed by atoms with Crippen LogP contribution in [-0.4, -0.2) is 129 Å². The number of nitrogens with zero attached hydrogens (tertiary/aromatic N) is 4. The molecule has 3 rings (SSSR count). The van der Waals surface area contributed by atoms with E-state index >= 15 is 0 Å². The number of amides is 3. The lowest BCUT2D eigenvalue weighted by molar-refractivity contribution is -0.137. The standard InChI is InChI=1S/C24H39N8O18P3S/c1-24(2,19(37)22(38)28-4-3-14(34)27-5-6-54-15(35)7-13(25)33)9-47-53(44,45)50-52(42,43)46-8-12-18(49-51(39,40)41)17(36)23(48-12)32-11-31-16-20(26)29-10-30-21(16)32/h10-12,17-19,23,36-37H,3-9H2,1-2H3,(H2,25,33)(H,27,34)(H,28,38)(H,42,43)(H,44,45)(H2,26,29,30)(H2,39,40,41)/t12-,17-,18-,19+,23-/m1/s1. The van der Waals surface area contributed by atoms with Crippen LogP contribution in [0.2, 0.25) is 0 Å². The minimum absolute atomic E-state index is 0.0213. The molecule has 12 N–H and O–H groups in total. The molecule has 0 saturated carbocycles. The fourth-order valence-corrected chi connectivity index (χ4v) is 7.99. The lowest BCUT2D eigenvalue weighted by Gasteiger charge is -2.30. The lowest BCUT2D eigenvalue weighted by atomic mass is 9.87. The van der Waals surface area contributed by atoms with Crippen molar-refractivity contribution in [3.8, 4) is 0 Å². The van der Waals surface area contributed by atoms with Gasteiger partial charge in [-0.25, -0.2) is 28.6 Å². The maximum atomic E-state index is 12.6. The van der Waals surface area contributed by atoms with Gasteiger partial charge in [0.05, 0.1) is 26.0 Å². The number of hydrogen-bond donors (Lipinski definition) is 10. The molecule has 3 amide bonds. The number of rotatable bonds is 21. The van der Waals surface area contributed by atoms with Crippen LogP contribution in [0, 0.1) is 5.41 Å². The molecule has 26 nitrogen and oxygen atoms in total. The number of phosphoric ester groups is 3. The van der Waals surface area contributed by atoms with E-state index in [4.69, 9.17) is 25.3 Å². The minimum atomic E-state index is -5.58. The van der Waals surface area contributed by atoms with E-state index in [1.165, 1.54) is 13.8 Å². The Hall–Kier alpha value is -2.97. The van der Waals surface area contributed by atoms with Gasteiger partial charge >= 0.3 is 23.5 Å². The lowest BCUT2D eigenvalue weighted by Crippen LogP contribution is -2.46. The SMILES string of the molecule is CC(C)(COP(=O)(O)OP(=O)(O)OC[C@H]1O[C@@H](n2cnc3c(N)ncnc32)[C@H](O)[C@@H]1OP(=O)(O)O)[C@@H](O)C(=O)NCCC(=O)NCCSC(=O)CC(N)=O. The molecule has 0 aromatic carbocycles. The molecule has 0 radical (unpaired) electrons. The van der Waals surface area contributed by atoms with E-state index < -0.39 is 102 Å². The van der Waals surface area contributed by atoms with E-state index in [1.54, 1.807) is 0 Å². The summed E-state index contributed by atoms with van der Waals surface area (Å²) in [6.45, 7) is 0.217. The molecular formula is C24H39N8O18P3S.